The molecule has 2 aromatic heterocycles. The molecule has 0 spiro atoms. The van der Waals surface area contributed by atoms with E-state index in [9.17, 15) is 14.4 Å². The van der Waals surface area contributed by atoms with Crippen LogP contribution in [0, 0.1) is 0 Å². The number of nitrogens with zero attached hydrogens (tertiary/aromatic N) is 1. The molecule has 0 saturated carbocycles. The van der Waals surface area contributed by atoms with Gasteiger partial charge in [-0.1, -0.05) is 84.0 Å². The fraction of sp³-hybridized carbons (Fsp3) is 0.138. The minimum Gasteiger partial charge on any atom is -0.448 e. The van der Waals surface area contributed by atoms with Gasteiger partial charge in [0.05, 0.1) is 17.9 Å². The summed E-state index contributed by atoms with van der Waals surface area (Å²) in [5.41, 5.74) is 8.49. The molecule has 1 fully saturated rings. The van der Waals surface area contributed by atoms with Gasteiger partial charge in [0.2, 0.25) is 5.91 Å². The van der Waals surface area contributed by atoms with E-state index < -0.39 is 18.1 Å². The van der Waals surface area contributed by atoms with Gasteiger partial charge in [-0.2, -0.15) is 0 Å². The quantitative estimate of drug-likeness (QED) is 0.144. The third kappa shape index (κ3) is 5.27. The minimum absolute atomic E-state index is 0.0830. The van der Waals surface area contributed by atoms with Gasteiger partial charge in [0.25, 0.3) is 0 Å². The van der Waals surface area contributed by atoms with Crippen molar-refractivity contribution in [3.05, 3.63) is 121 Å². The zero-order chi connectivity index (χ0) is 27.8. The van der Waals surface area contributed by atoms with Gasteiger partial charge < -0.3 is 10.5 Å². The summed E-state index contributed by atoms with van der Waals surface area (Å²) in [5, 5.41) is 2.13. The lowest BCUT2D eigenvalue weighted by atomic mass is 10.0. The molecule has 11 heteroatoms. The zero-order valence-electron chi connectivity index (χ0n) is 20.7. The normalized spacial score (nSPS) is 18.9. The number of thiophene rings is 1. The highest BCUT2D eigenvalue weighted by Crippen LogP contribution is 2.42. The van der Waals surface area contributed by atoms with Crippen LogP contribution in [0.1, 0.15) is 17.2 Å². The van der Waals surface area contributed by atoms with Crippen molar-refractivity contribution >= 4 is 79.1 Å². The number of carbonyl (C=O) groups is 2. The second-order valence-corrected chi connectivity index (χ2v) is 14.3. The summed E-state index contributed by atoms with van der Waals surface area (Å²) in [6, 6.07) is 21.6. The second-order valence-electron chi connectivity index (χ2n) is 9.02. The molecule has 6 nitrogen and oxygen atoms in total. The molecule has 0 aliphatic carbocycles. The summed E-state index contributed by atoms with van der Waals surface area (Å²) in [4.78, 5) is 40.6. The van der Waals surface area contributed by atoms with Crippen molar-refractivity contribution < 1.29 is 14.3 Å². The van der Waals surface area contributed by atoms with Crippen LogP contribution in [-0.2, 0) is 14.3 Å². The number of ether oxygens (including phenoxy) is 1. The molecule has 2 aromatic carbocycles. The fourth-order valence-electron chi connectivity index (χ4n) is 4.54. The Hall–Kier alpha value is -2.86. The number of nitrogens with two attached hydrogens (primary N) is 1. The van der Waals surface area contributed by atoms with E-state index in [-0.39, 0.29) is 22.4 Å². The summed E-state index contributed by atoms with van der Waals surface area (Å²) >= 11 is 11.8. The Morgan fingerprint density at radius 2 is 1.73 bits per heavy atom. The molecule has 4 aromatic rings. The molecule has 6 rings (SSSR count). The predicted molar refractivity (Wildman–Crippen MR) is 165 cm³/mol. The van der Waals surface area contributed by atoms with Crippen LogP contribution in [0.4, 0.5) is 0 Å². The number of thioether (sulfide) groups is 2. The number of hydrogen-bond donors (Lipinski definition) is 1. The summed E-state index contributed by atoms with van der Waals surface area (Å²) in [6.07, 6.45) is 1.16. The Kier molecular flexibility index (Phi) is 7.89. The minimum atomic E-state index is -0.659. The molecule has 0 bridgehead atoms. The maximum Gasteiger partial charge on any atom is 0.356 e. The molecule has 2 atom stereocenters. The van der Waals surface area contributed by atoms with Crippen LogP contribution in [-0.4, -0.2) is 33.9 Å². The Balaban J connectivity index is 1.32. The molecule has 202 valence electrons. The largest absolute Gasteiger partial charge is 0.448 e. The number of halogens is 1. The summed E-state index contributed by atoms with van der Waals surface area (Å²) in [6.45, 7) is 0. The van der Waals surface area contributed by atoms with E-state index in [0.717, 1.165) is 19.3 Å². The third-order valence-electron chi connectivity index (χ3n) is 6.49. The average molecular weight is 625 g/mol. The van der Waals surface area contributed by atoms with E-state index >= 15 is 0 Å². The van der Waals surface area contributed by atoms with Crippen molar-refractivity contribution in [3.63, 3.8) is 0 Å². The molecule has 1 saturated heterocycles. The van der Waals surface area contributed by atoms with Gasteiger partial charge in [-0.05, 0) is 34.3 Å². The van der Waals surface area contributed by atoms with Crippen LogP contribution in [0.25, 0.3) is 9.40 Å². The third-order valence-corrected chi connectivity index (χ3v) is 11.3. The van der Waals surface area contributed by atoms with Gasteiger partial charge in [-0.25, -0.2) is 4.79 Å². The fourth-order valence-corrected chi connectivity index (χ4v) is 9.54. The Morgan fingerprint density at radius 3 is 2.40 bits per heavy atom. The zero-order valence-corrected chi connectivity index (χ0v) is 24.7. The van der Waals surface area contributed by atoms with E-state index in [4.69, 9.17) is 22.1 Å². The van der Waals surface area contributed by atoms with E-state index in [2.05, 4.69) is 0 Å². The molecule has 40 heavy (non-hydrogen) atoms. The molecule has 0 radical (unpaired) electrons. The van der Waals surface area contributed by atoms with Crippen LogP contribution in [0.2, 0.25) is 4.34 Å². The average Bonchev–Trinajstić information content (AvgIpc) is 3.36. The first-order valence-corrected chi connectivity index (χ1v) is 16.2. The molecular formula is C29H21ClN2O4S4. The molecule has 2 N–H and O–H groups in total. The van der Waals surface area contributed by atoms with Crippen LogP contribution in [0.3, 0.4) is 0 Å². The van der Waals surface area contributed by atoms with Gasteiger partial charge in [-0.15, -0.1) is 34.4 Å². The summed E-state index contributed by atoms with van der Waals surface area (Å²) in [7, 11) is 0. The Bertz CT molecular complexity index is 1680. The first-order valence-electron chi connectivity index (χ1n) is 12.2. The highest BCUT2D eigenvalue weighted by atomic mass is 35.5. The highest BCUT2D eigenvalue weighted by Gasteiger charge is 2.52. The van der Waals surface area contributed by atoms with Crippen molar-refractivity contribution in [2.75, 3.05) is 5.75 Å². The first-order chi connectivity index (χ1) is 19.4. The van der Waals surface area contributed by atoms with Crippen LogP contribution in [0.5, 0.6) is 0 Å². The maximum absolute atomic E-state index is 13.8. The number of carbonyl (C=O) groups excluding carboxylic acids is 2. The molecule has 1 amide bonds. The molecule has 4 heterocycles. The van der Waals surface area contributed by atoms with Crippen molar-refractivity contribution in [2.45, 2.75) is 21.7 Å². The maximum atomic E-state index is 13.8. The van der Waals surface area contributed by atoms with Crippen LogP contribution < -0.4 is 11.2 Å². The van der Waals surface area contributed by atoms with E-state index in [1.165, 1.54) is 51.1 Å². The number of esters is 1. The molecule has 2 aliphatic heterocycles. The lowest BCUT2D eigenvalue weighted by molar-refractivity contribution is -0.153. The predicted octanol–water partition coefficient (Wildman–Crippen LogP) is 6.41. The summed E-state index contributed by atoms with van der Waals surface area (Å²) < 4.78 is 8.36. The molecule has 2 aliphatic rings. The second kappa shape index (κ2) is 11.6. The number of fused-ring (bicyclic) bond motifs is 2. The van der Waals surface area contributed by atoms with Crippen molar-refractivity contribution in [3.8, 4) is 0 Å². The van der Waals surface area contributed by atoms with E-state index in [1.54, 1.807) is 12.1 Å². The number of benzene rings is 2. The van der Waals surface area contributed by atoms with Crippen molar-refractivity contribution in [2.24, 2.45) is 5.73 Å². The first kappa shape index (κ1) is 27.3. The van der Waals surface area contributed by atoms with Gasteiger partial charge >= 0.3 is 5.97 Å². The van der Waals surface area contributed by atoms with E-state index in [1.807, 2.05) is 72.1 Å². The summed E-state index contributed by atoms with van der Waals surface area (Å²) in [5.74, 6) is -0.412. The number of amides is 1. The monoisotopic (exact) mass is 624 g/mol. The van der Waals surface area contributed by atoms with E-state index in [0.29, 0.717) is 21.0 Å². The number of rotatable bonds is 7. The van der Waals surface area contributed by atoms with Gasteiger partial charge in [-0.3, -0.25) is 14.5 Å². The van der Waals surface area contributed by atoms with Crippen LogP contribution >= 0.6 is 57.8 Å². The number of hydrogen-bond acceptors (Lipinski definition) is 9. The van der Waals surface area contributed by atoms with Crippen molar-refractivity contribution in [1.29, 1.82) is 0 Å². The standard InChI is InChI=1S/C29H21ClN2O4S4/c30-21-13-19-20(33)14-22(40-29(19)39-21)37-12-11-18-15-38-27-23(31)26(34)32(27)24(18)28(35)36-25(16-7-3-1-4-8-16)17-9-5-2-6-10-17/h1-14,23,25,27H,15,31H2/t23-,27+/m1/s1. The lowest BCUT2D eigenvalue weighted by Gasteiger charge is -2.48. The van der Waals surface area contributed by atoms with Gasteiger partial charge in [0.1, 0.15) is 17.1 Å². The van der Waals surface area contributed by atoms with Crippen molar-refractivity contribution in [1.82, 2.24) is 4.90 Å². The number of β-lactam (4-membered cyclic amide) rings is 1. The Morgan fingerprint density at radius 1 is 1.05 bits per heavy atom. The smallest absolute Gasteiger partial charge is 0.356 e. The molecule has 0 unspecified atom stereocenters. The lowest BCUT2D eigenvalue weighted by Crippen LogP contribution is -2.68. The molecular weight excluding hydrogens is 604 g/mol. The van der Waals surface area contributed by atoms with Gasteiger partial charge in [0.15, 0.2) is 11.5 Å². The van der Waals surface area contributed by atoms with Gasteiger partial charge in [0, 0.05) is 11.8 Å². The topological polar surface area (TPSA) is 89.7 Å². The highest BCUT2D eigenvalue weighted by molar-refractivity contribution is 8.04. The Labute approximate surface area is 251 Å². The number of allylic oxidation sites excluding steroid dienone is 1. The van der Waals surface area contributed by atoms with Crippen LogP contribution in [0.15, 0.2) is 105 Å². The SMILES string of the molecule is N[C@@H]1C(=O)N2C(C(=O)OC(c3ccccc3)c3ccccc3)=C(C=CSc3cc(=O)c4cc(Cl)sc4s3)CS[C@@H]12.